The van der Waals surface area contributed by atoms with Crippen LogP contribution in [0.2, 0.25) is 0 Å². The second kappa shape index (κ2) is 7.59. The number of benzene rings is 3. The SMILES string of the molecule is Cc1ccc(F)cc1NC(=O)c1cccc(NS(=O)(=O)c2ccccc2)c1. The predicted octanol–water partition coefficient (Wildman–Crippen LogP) is 4.19. The number of sulfonamides is 1. The molecule has 138 valence electrons. The molecule has 0 saturated carbocycles. The molecule has 5 nitrogen and oxygen atoms in total. The van der Waals surface area contributed by atoms with E-state index in [9.17, 15) is 17.6 Å². The van der Waals surface area contributed by atoms with Crippen molar-refractivity contribution < 1.29 is 17.6 Å². The van der Waals surface area contributed by atoms with Gasteiger partial charge in [-0.25, -0.2) is 12.8 Å². The summed E-state index contributed by atoms with van der Waals surface area (Å²) in [4.78, 5) is 12.6. The van der Waals surface area contributed by atoms with Crippen LogP contribution in [-0.2, 0) is 10.0 Å². The van der Waals surface area contributed by atoms with Gasteiger partial charge in [0.1, 0.15) is 5.82 Å². The lowest BCUT2D eigenvalue weighted by Gasteiger charge is -2.11. The molecule has 0 radical (unpaired) electrons. The van der Waals surface area contributed by atoms with Crippen LogP contribution >= 0.6 is 0 Å². The number of carbonyl (C=O) groups excluding carboxylic acids is 1. The standard InChI is InChI=1S/C20H17FN2O3S/c1-14-10-11-16(21)13-19(14)22-20(24)15-6-5-7-17(12-15)23-27(25,26)18-8-3-2-4-9-18/h2-13,23H,1H3,(H,22,24). The molecule has 0 aliphatic rings. The monoisotopic (exact) mass is 384 g/mol. The summed E-state index contributed by atoms with van der Waals surface area (Å²) in [6.07, 6.45) is 0. The second-order valence-electron chi connectivity index (χ2n) is 5.91. The highest BCUT2D eigenvalue weighted by atomic mass is 32.2. The second-order valence-corrected chi connectivity index (χ2v) is 7.60. The average molecular weight is 384 g/mol. The highest BCUT2D eigenvalue weighted by Gasteiger charge is 2.15. The van der Waals surface area contributed by atoms with E-state index in [4.69, 9.17) is 0 Å². The normalized spacial score (nSPS) is 11.0. The maximum atomic E-state index is 13.4. The number of aryl methyl sites for hydroxylation is 1. The van der Waals surface area contributed by atoms with Gasteiger partial charge in [0.2, 0.25) is 0 Å². The Bertz CT molecular complexity index is 1080. The zero-order valence-electron chi connectivity index (χ0n) is 14.4. The molecule has 3 aromatic rings. The van der Waals surface area contributed by atoms with Crippen molar-refractivity contribution in [3.05, 3.63) is 89.7 Å². The van der Waals surface area contributed by atoms with E-state index in [1.165, 1.54) is 30.3 Å². The summed E-state index contributed by atoms with van der Waals surface area (Å²) in [7, 11) is -3.76. The van der Waals surface area contributed by atoms with Gasteiger partial charge in [0.15, 0.2) is 0 Å². The Hall–Kier alpha value is -3.19. The van der Waals surface area contributed by atoms with Crippen molar-refractivity contribution in [3.8, 4) is 0 Å². The number of nitrogens with one attached hydrogen (secondary N) is 2. The highest BCUT2D eigenvalue weighted by molar-refractivity contribution is 7.92. The Balaban J connectivity index is 1.81. The van der Waals surface area contributed by atoms with Gasteiger partial charge in [-0.3, -0.25) is 9.52 Å². The maximum absolute atomic E-state index is 13.4. The summed E-state index contributed by atoms with van der Waals surface area (Å²) in [5.74, 6) is -0.926. The molecule has 0 aliphatic carbocycles. The van der Waals surface area contributed by atoms with E-state index in [2.05, 4.69) is 10.0 Å². The van der Waals surface area contributed by atoms with Crippen LogP contribution in [0.15, 0.2) is 77.7 Å². The fourth-order valence-electron chi connectivity index (χ4n) is 2.46. The van der Waals surface area contributed by atoms with Gasteiger partial charge < -0.3 is 5.32 Å². The molecule has 0 saturated heterocycles. The van der Waals surface area contributed by atoms with Gasteiger partial charge >= 0.3 is 0 Å². The molecule has 0 atom stereocenters. The first-order valence-electron chi connectivity index (χ1n) is 8.10. The molecule has 0 aliphatic heterocycles. The third kappa shape index (κ3) is 4.51. The molecule has 0 spiro atoms. The zero-order chi connectivity index (χ0) is 19.4. The molecule has 0 heterocycles. The van der Waals surface area contributed by atoms with Gasteiger partial charge in [0.05, 0.1) is 4.90 Å². The van der Waals surface area contributed by atoms with Crippen molar-refractivity contribution >= 4 is 27.3 Å². The number of rotatable bonds is 5. The molecule has 3 rings (SSSR count). The molecule has 1 amide bonds. The van der Waals surface area contributed by atoms with Gasteiger partial charge in [-0.2, -0.15) is 0 Å². The highest BCUT2D eigenvalue weighted by Crippen LogP contribution is 2.20. The van der Waals surface area contributed by atoms with Crippen LogP contribution in [0.4, 0.5) is 15.8 Å². The minimum atomic E-state index is -3.76. The van der Waals surface area contributed by atoms with Crippen molar-refractivity contribution in [2.75, 3.05) is 10.0 Å². The first-order chi connectivity index (χ1) is 12.8. The first kappa shape index (κ1) is 18.6. The quantitative estimate of drug-likeness (QED) is 0.693. The lowest BCUT2D eigenvalue weighted by molar-refractivity contribution is 0.102. The van der Waals surface area contributed by atoms with Crippen LogP contribution in [-0.4, -0.2) is 14.3 Å². The maximum Gasteiger partial charge on any atom is 0.261 e. The molecular formula is C20H17FN2O3S. The smallest absolute Gasteiger partial charge is 0.261 e. The Morgan fingerprint density at radius 2 is 1.67 bits per heavy atom. The first-order valence-corrected chi connectivity index (χ1v) is 9.59. The summed E-state index contributed by atoms with van der Waals surface area (Å²) in [6, 6.07) is 18.1. The number of hydrogen-bond donors (Lipinski definition) is 2. The zero-order valence-corrected chi connectivity index (χ0v) is 15.3. The average Bonchev–Trinajstić information content (AvgIpc) is 2.65. The molecule has 0 unspecified atom stereocenters. The van der Waals surface area contributed by atoms with E-state index in [1.54, 1.807) is 49.4 Å². The van der Waals surface area contributed by atoms with E-state index in [-0.39, 0.29) is 16.1 Å². The van der Waals surface area contributed by atoms with Crippen LogP contribution in [0, 0.1) is 12.7 Å². The summed E-state index contributed by atoms with van der Waals surface area (Å²) in [5, 5.41) is 2.63. The number of hydrogen-bond acceptors (Lipinski definition) is 3. The lowest BCUT2D eigenvalue weighted by Crippen LogP contribution is -2.15. The van der Waals surface area contributed by atoms with Crippen LogP contribution in [0.3, 0.4) is 0 Å². The largest absolute Gasteiger partial charge is 0.322 e. The van der Waals surface area contributed by atoms with Crippen molar-refractivity contribution in [2.45, 2.75) is 11.8 Å². The van der Waals surface area contributed by atoms with Crippen LogP contribution in [0.5, 0.6) is 0 Å². The summed E-state index contributed by atoms with van der Waals surface area (Å²) in [5.41, 5.74) is 1.57. The Kier molecular flexibility index (Phi) is 5.23. The van der Waals surface area contributed by atoms with E-state index in [0.717, 1.165) is 0 Å². The minimum Gasteiger partial charge on any atom is -0.322 e. The molecule has 0 bridgehead atoms. The third-order valence-corrected chi connectivity index (χ3v) is 5.28. The lowest BCUT2D eigenvalue weighted by atomic mass is 10.1. The molecule has 27 heavy (non-hydrogen) atoms. The van der Waals surface area contributed by atoms with Gasteiger partial charge in [-0.15, -0.1) is 0 Å². The van der Waals surface area contributed by atoms with E-state index in [0.29, 0.717) is 11.3 Å². The molecule has 3 aromatic carbocycles. The van der Waals surface area contributed by atoms with Crippen molar-refractivity contribution in [2.24, 2.45) is 0 Å². The topological polar surface area (TPSA) is 75.3 Å². The Morgan fingerprint density at radius 1 is 0.926 bits per heavy atom. The van der Waals surface area contributed by atoms with Gasteiger partial charge in [-0.05, 0) is 55.0 Å². The van der Waals surface area contributed by atoms with E-state index >= 15 is 0 Å². The van der Waals surface area contributed by atoms with E-state index in [1.807, 2.05) is 0 Å². The summed E-state index contributed by atoms with van der Waals surface area (Å²) < 4.78 is 40.6. The van der Waals surface area contributed by atoms with Crippen LogP contribution in [0.1, 0.15) is 15.9 Å². The minimum absolute atomic E-state index is 0.121. The molecular weight excluding hydrogens is 367 g/mol. The number of carbonyl (C=O) groups is 1. The molecule has 7 heteroatoms. The number of halogens is 1. The van der Waals surface area contributed by atoms with Crippen molar-refractivity contribution in [1.82, 2.24) is 0 Å². The third-order valence-electron chi connectivity index (χ3n) is 3.88. The van der Waals surface area contributed by atoms with Crippen molar-refractivity contribution in [1.29, 1.82) is 0 Å². The summed E-state index contributed by atoms with van der Waals surface area (Å²) >= 11 is 0. The Morgan fingerprint density at radius 3 is 2.41 bits per heavy atom. The Labute approximate surface area is 156 Å². The van der Waals surface area contributed by atoms with Gasteiger partial charge in [0.25, 0.3) is 15.9 Å². The predicted molar refractivity (Wildman–Crippen MR) is 103 cm³/mol. The van der Waals surface area contributed by atoms with Gasteiger partial charge in [-0.1, -0.05) is 30.3 Å². The van der Waals surface area contributed by atoms with Crippen molar-refractivity contribution in [3.63, 3.8) is 0 Å². The fourth-order valence-corrected chi connectivity index (χ4v) is 3.53. The molecule has 0 fully saturated rings. The van der Waals surface area contributed by atoms with Crippen LogP contribution < -0.4 is 10.0 Å². The molecule has 0 aromatic heterocycles. The van der Waals surface area contributed by atoms with Crippen LogP contribution in [0.25, 0.3) is 0 Å². The number of anilines is 2. The molecule has 2 N–H and O–H groups in total. The van der Waals surface area contributed by atoms with Gasteiger partial charge in [0, 0.05) is 16.9 Å². The fraction of sp³-hybridized carbons (Fsp3) is 0.0500. The number of amides is 1. The summed E-state index contributed by atoms with van der Waals surface area (Å²) in [6.45, 7) is 1.75. The van der Waals surface area contributed by atoms with E-state index < -0.39 is 21.7 Å².